The van der Waals surface area contributed by atoms with Gasteiger partial charge in [-0.3, -0.25) is 9.59 Å². The highest BCUT2D eigenvalue weighted by molar-refractivity contribution is 5.97. The largest absolute Gasteiger partial charge is 0.493 e. The number of carbonyl (C=O) groups is 2. The second kappa shape index (κ2) is 8.89. The first-order chi connectivity index (χ1) is 12.5. The molecule has 0 saturated carbocycles. The molecule has 2 aromatic carbocycles. The van der Waals surface area contributed by atoms with Gasteiger partial charge in [-0.2, -0.15) is 0 Å². The van der Waals surface area contributed by atoms with Crippen LogP contribution in [-0.2, 0) is 9.59 Å². The molecule has 0 spiro atoms. The lowest BCUT2D eigenvalue weighted by atomic mass is 10.1. The van der Waals surface area contributed by atoms with Gasteiger partial charge in [0.05, 0.1) is 20.3 Å². The van der Waals surface area contributed by atoms with Gasteiger partial charge in [0.1, 0.15) is 6.54 Å². The third kappa shape index (κ3) is 4.75. The van der Waals surface area contributed by atoms with Gasteiger partial charge in [-0.15, -0.1) is 0 Å². The van der Waals surface area contributed by atoms with E-state index in [9.17, 15) is 9.59 Å². The fourth-order valence-corrected chi connectivity index (χ4v) is 2.63. The first-order valence-electron chi connectivity index (χ1n) is 8.30. The summed E-state index contributed by atoms with van der Waals surface area (Å²) in [6.45, 7) is 3.24. The highest BCUT2D eigenvalue weighted by Crippen LogP contribution is 2.31. The van der Waals surface area contributed by atoms with E-state index in [-0.39, 0.29) is 24.4 Å². The number of carbonyl (C=O) groups excluding carboxylic acids is 2. The second-order valence-electron chi connectivity index (χ2n) is 5.84. The van der Waals surface area contributed by atoms with Crippen molar-refractivity contribution in [1.82, 2.24) is 5.32 Å². The summed E-state index contributed by atoms with van der Waals surface area (Å²) in [4.78, 5) is 25.9. The maximum absolute atomic E-state index is 12.4. The highest BCUT2D eigenvalue weighted by atomic mass is 16.5. The molecule has 0 fully saturated rings. The molecular formula is C20H24N2O4. The lowest BCUT2D eigenvalue weighted by Gasteiger charge is -2.23. The fourth-order valence-electron chi connectivity index (χ4n) is 2.63. The fraction of sp³-hybridized carbons (Fsp3) is 0.300. The van der Waals surface area contributed by atoms with Crippen molar-refractivity contribution in [2.45, 2.75) is 19.9 Å². The molecule has 0 radical (unpaired) electrons. The van der Waals surface area contributed by atoms with Crippen LogP contribution >= 0.6 is 0 Å². The lowest BCUT2D eigenvalue weighted by molar-refractivity contribution is -0.123. The van der Waals surface area contributed by atoms with E-state index in [1.807, 2.05) is 37.3 Å². The first kappa shape index (κ1) is 19.3. The van der Waals surface area contributed by atoms with Crippen molar-refractivity contribution in [1.29, 1.82) is 0 Å². The molecule has 138 valence electrons. The van der Waals surface area contributed by atoms with Crippen LogP contribution in [0, 0.1) is 0 Å². The Labute approximate surface area is 153 Å². The Morgan fingerprint density at radius 2 is 1.69 bits per heavy atom. The van der Waals surface area contributed by atoms with Crippen LogP contribution in [0.4, 0.5) is 5.69 Å². The van der Waals surface area contributed by atoms with E-state index >= 15 is 0 Å². The van der Waals surface area contributed by atoms with Crippen LogP contribution in [0.15, 0.2) is 48.5 Å². The Hall–Kier alpha value is -3.02. The number of nitrogens with zero attached hydrogens (tertiary/aromatic N) is 1. The second-order valence-corrected chi connectivity index (χ2v) is 5.84. The summed E-state index contributed by atoms with van der Waals surface area (Å²) in [7, 11) is 3.06. The van der Waals surface area contributed by atoms with Gasteiger partial charge in [-0.25, -0.2) is 0 Å². The molecule has 1 unspecified atom stereocenters. The third-order valence-electron chi connectivity index (χ3n) is 4.04. The van der Waals surface area contributed by atoms with E-state index in [4.69, 9.17) is 9.47 Å². The number of methoxy groups -OCH3 is 2. The topological polar surface area (TPSA) is 67.9 Å². The number of hydrogen-bond acceptors (Lipinski definition) is 4. The predicted octanol–water partition coefficient (Wildman–Crippen LogP) is 2.93. The van der Waals surface area contributed by atoms with Crippen molar-refractivity contribution >= 4 is 17.5 Å². The van der Waals surface area contributed by atoms with Crippen LogP contribution in [0.5, 0.6) is 11.5 Å². The van der Waals surface area contributed by atoms with Gasteiger partial charge in [-0.05, 0) is 24.6 Å². The molecular weight excluding hydrogens is 332 g/mol. The molecule has 0 aliphatic carbocycles. The molecule has 2 amide bonds. The average Bonchev–Trinajstić information content (AvgIpc) is 2.66. The summed E-state index contributed by atoms with van der Waals surface area (Å²) in [5, 5.41) is 2.91. The molecule has 1 atom stereocenters. The van der Waals surface area contributed by atoms with Crippen LogP contribution in [0.3, 0.4) is 0 Å². The van der Waals surface area contributed by atoms with Gasteiger partial charge in [0.25, 0.3) is 0 Å². The Morgan fingerprint density at radius 1 is 1.04 bits per heavy atom. The smallest absolute Gasteiger partial charge is 0.240 e. The number of hydrogen-bond donors (Lipinski definition) is 1. The third-order valence-corrected chi connectivity index (χ3v) is 4.04. The van der Waals surface area contributed by atoms with Crippen LogP contribution < -0.4 is 19.7 Å². The number of rotatable bonds is 7. The molecule has 26 heavy (non-hydrogen) atoms. The molecule has 2 rings (SSSR count). The van der Waals surface area contributed by atoms with E-state index in [1.54, 1.807) is 25.3 Å². The first-order valence-corrected chi connectivity index (χ1v) is 8.30. The van der Waals surface area contributed by atoms with Crippen molar-refractivity contribution in [3.63, 3.8) is 0 Å². The molecule has 2 aromatic rings. The maximum atomic E-state index is 12.4. The molecule has 0 bridgehead atoms. The summed E-state index contributed by atoms with van der Waals surface area (Å²) in [5.41, 5.74) is 1.57. The van der Waals surface area contributed by atoms with Crippen LogP contribution in [0.1, 0.15) is 25.5 Å². The molecule has 0 aliphatic rings. The van der Waals surface area contributed by atoms with E-state index in [2.05, 4.69) is 5.32 Å². The molecule has 6 heteroatoms. The minimum atomic E-state index is -0.244. The number of nitrogens with one attached hydrogen (secondary N) is 1. The molecule has 1 N–H and O–H groups in total. The van der Waals surface area contributed by atoms with Crippen LogP contribution in [0.25, 0.3) is 0 Å². The number of anilines is 1. The number of benzene rings is 2. The normalized spacial score (nSPS) is 11.4. The zero-order chi connectivity index (χ0) is 19.1. The van der Waals surface area contributed by atoms with Gasteiger partial charge in [0, 0.05) is 18.7 Å². The maximum Gasteiger partial charge on any atom is 0.240 e. The van der Waals surface area contributed by atoms with E-state index in [0.717, 1.165) is 5.56 Å². The monoisotopic (exact) mass is 356 g/mol. The minimum Gasteiger partial charge on any atom is -0.493 e. The number of amides is 2. The number of ether oxygens (including phenoxy) is 2. The van der Waals surface area contributed by atoms with Crippen LogP contribution in [0.2, 0.25) is 0 Å². The van der Waals surface area contributed by atoms with Gasteiger partial charge >= 0.3 is 0 Å². The van der Waals surface area contributed by atoms with Crippen molar-refractivity contribution in [2.75, 3.05) is 25.7 Å². The average molecular weight is 356 g/mol. The SMILES string of the molecule is COc1ccc(N(CC(=O)NC(C)c2ccccc2)C(C)=O)cc1OC. The van der Waals surface area contributed by atoms with Crippen molar-refractivity contribution in [3.05, 3.63) is 54.1 Å². The molecule has 0 aliphatic heterocycles. The van der Waals surface area contributed by atoms with Gasteiger partial charge in [0.2, 0.25) is 11.8 Å². The standard InChI is InChI=1S/C20H24N2O4/c1-14(16-8-6-5-7-9-16)21-20(24)13-22(15(2)23)17-10-11-18(25-3)19(12-17)26-4/h5-12,14H,13H2,1-4H3,(H,21,24). The van der Waals surface area contributed by atoms with E-state index < -0.39 is 0 Å². The van der Waals surface area contributed by atoms with Crippen molar-refractivity contribution in [2.24, 2.45) is 0 Å². The highest BCUT2D eigenvalue weighted by Gasteiger charge is 2.19. The Kier molecular flexibility index (Phi) is 6.60. The van der Waals surface area contributed by atoms with E-state index in [0.29, 0.717) is 17.2 Å². The Bertz CT molecular complexity index is 762. The zero-order valence-corrected chi connectivity index (χ0v) is 15.5. The molecule has 6 nitrogen and oxygen atoms in total. The molecule has 0 heterocycles. The summed E-state index contributed by atoms with van der Waals surface area (Å²) in [6, 6.07) is 14.6. The zero-order valence-electron chi connectivity index (χ0n) is 15.5. The van der Waals surface area contributed by atoms with Crippen molar-refractivity contribution < 1.29 is 19.1 Å². The molecule has 0 aromatic heterocycles. The van der Waals surface area contributed by atoms with Crippen LogP contribution in [-0.4, -0.2) is 32.6 Å². The summed E-state index contributed by atoms with van der Waals surface area (Å²) in [5.74, 6) is 0.572. The van der Waals surface area contributed by atoms with E-state index in [1.165, 1.54) is 18.9 Å². The molecule has 0 saturated heterocycles. The predicted molar refractivity (Wildman–Crippen MR) is 101 cm³/mol. The van der Waals surface area contributed by atoms with Gasteiger partial charge < -0.3 is 19.7 Å². The van der Waals surface area contributed by atoms with Gasteiger partial charge in [0.15, 0.2) is 11.5 Å². The lowest BCUT2D eigenvalue weighted by Crippen LogP contribution is -2.40. The van der Waals surface area contributed by atoms with Crippen molar-refractivity contribution in [3.8, 4) is 11.5 Å². The summed E-state index contributed by atoms with van der Waals surface area (Å²) >= 11 is 0. The minimum absolute atomic E-state index is 0.0814. The summed E-state index contributed by atoms with van der Waals surface area (Å²) < 4.78 is 10.5. The quantitative estimate of drug-likeness (QED) is 0.828. The Balaban J connectivity index is 2.13. The van der Waals surface area contributed by atoms with Gasteiger partial charge in [-0.1, -0.05) is 30.3 Å². The Morgan fingerprint density at radius 3 is 2.27 bits per heavy atom. The summed E-state index contributed by atoms with van der Waals surface area (Å²) in [6.07, 6.45) is 0.